The molecule has 0 spiro atoms. The minimum absolute atomic E-state index is 0.326. The fourth-order valence-corrected chi connectivity index (χ4v) is 2.28. The Morgan fingerprint density at radius 1 is 1.38 bits per heavy atom. The molecule has 1 atom stereocenters. The lowest BCUT2D eigenvalue weighted by molar-refractivity contribution is -0.146. The van der Waals surface area contributed by atoms with E-state index in [2.05, 4.69) is 5.32 Å². The Balaban J connectivity index is 2.30. The Morgan fingerprint density at radius 3 is 2.44 bits per heavy atom. The van der Waals surface area contributed by atoms with Crippen LogP contribution in [0.5, 0.6) is 0 Å². The van der Waals surface area contributed by atoms with Crippen LogP contribution in [0.3, 0.4) is 0 Å². The standard InChI is InChI=1S/C8H14N2O5S/c11-6(7(12)13)5-9-8(14)10-1-3-16(15)4-2-10/h6,11H,1-5H2,(H,9,14)(H,12,13). The number of aliphatic hydroxyl groups excluding tert-OH is 1. The van der Waals surface area contributed by atoms with Crippen LogP contribution in [0.15, 0.2) is 0 Å². The summed E-state index contributed by atoms with van der Waals surface area (Å²) >= 11 is 0. The van der Waals surface area contributed by atoms with Gasteiger partial charge in [0, 0.05) is 35.4 Å². The lowest BCUT2D eigenvalue weighted by atomic mass is 10.3. The maximum atomic E-state index is 11.4. The first-order chi connectivity index (χ1) is 7.50. The van der Waals surface area contributed by atoms with Crippen molar-refractivity contribution in [1.29, 1.82) is 0 Å². The van der Waals surface area contributed by atoms with Gasteiger partial charge in [0.15, 0.2) is 6.10 Å². The predicted octanol–water partition coefficient (Wildman–Crippen LogP) is -1.79. The summed E-state index contributed by atoms with van der Waals surface area (Å²) in [4.78, 5) is 23.2. The fraction of sp³-hybridized carbons (Fsp3) is 0.750. The van der Waals surface area contributed by atoms with Crippen molar-refractivity contribution in [2.45, 2.75) is 6.10 Å². The number of urea groups is 1. The number of carbonyl (C=O) groups excluding carboxylic acids is 1. The minimum Gasteiger partial charge on any atom is -0.479 e. The number of aliphatic hydroxyl groups is 1. The van der Waals surface area contributed by atoms with Crippen molar-refractivity contribution < 1.29 is 24.0 Å². The van der Waals surface area contributed by atoms with Crippen LogP contribution in [0.1, 0.15) is 0 Å². The Morgan fingerprint density at radius 2 is 1.94 bits per heavy atom. The van der Waals surface area contributed by atoms with Crippen LogP contribution in [-0.2, 0) is 15.6 Å². The van der Waals surface area contributed by atoms with Gasteiger partial charge in [0.25, 0.3) is 0 Å². The van der Waals surface area contributed by atoms with Crippen LogP contribution < -0.4 is 5.32 Å². The predicted molar refractivity (Wildman–Crippen MR) is 56.5 cm³/mol. The molecule has 1 heterocycles. The SMILES string of the molecule is O=C(O)C(O)CNC(=O)N1CCS(=O)CC1. The number of carboxylic acids is 1. The van der Waals surface area contributed by atoms with Gasteiger partial charge >= 0.3 is 12.0 Å². The van der Waals surface area contributed by atoms with E-state index < -0.39 is 28.9 Å². The first-order valence-corrected chi connectivity index (χ1v) is 6.28. The number of aliphatic carboxylic acids is 1. The van der Waals surface area contributed by atoms with Gasteiger partial charge in [-0.25, -0.2) is 9.59 Å². The first-order valence-electron chi connectivity index (χ1n) is 4.79. The lowest BCUT2D eigenvalue weighted by Gasteiger charge is -2.26. The molecular formula is C8H14N2O5S. The van der Waals surface area contributed by atoms with Gasteiger partial charge in [0.1, 0.15) is 0 Å². The molecule has 1 unspecified atom stereocenters. The molecule has 1 fully saturated rings. The second kappa shape index (κ2) is 5.80. The molecule has 0 aromatic heterocycles. The van der Waals surface area contributed by atoms with Gasteiger partial charge in [-0.15, -0.1) is 0 Å². The van der Waals surface area contributed by atoms with Gasteiger partial charge < -0.3 is 20.4 Å². The number of hydrogen-bond donors (Lipinski definition) is 3. The number of rotatable bonds is 3. The Bertz CT molecular complexity index is 299. The zero-order valence-electron chi connectivity index (χ0n) is 8.59. The summed E-state index contributed by atoms with van der Waals surface area (Å²) in [5, 5.41) is 19.6. The van der Waals surface area contributed by atoms with E-state index in [0.717, 1.165) is 0 Å². The van der Waals surface area contributed by atoms with E-state index in [1.54, 1.807) is 0 Å². The highest BCUT2D eigenvalue weighted by Gasteiger charge is 2.21. The molecule has 0 radical (unpaired) electrons. The highest BCUT2D eigenvalue weighted by molar-refractivity contribution is 7.85. The number of carbonyl (C=O) groups is 2. The first kappa shape index (κ1) is 12.9. The molecule has 2 amide bonds. The molecule has 0 bridgehead atoms. The molecule has 0 aromatic carbocycles. The van der Waals surface area contributed by atoms with Gasteiger partial charge in [-0.1, -0.05) is 0 Å². The third-order valence-electron chi connectivity index (χ3n) is 2.20. The van der Waals surface area contributed by atoms with Crippen LogP contribution >= 0.6 is 0 Å². The van der Waals surface area contributed by atoms with E-state index in [1.807, 2.05) is 0 Å². The highest BCUT2D eigenvalue weighted by Crippen LogP contribution is 2.00. The van der Waals surface area contributed by atoms with E-state index in [-0.39, 0.29) is 6.54 Å². The van der Waals surface area contributed by atoms with Gasteiger partial charge in [0.05, 0.1) is 6.54 Å². The molecule has 7 nitrogen and oxygen atoms in total. The van der Waals surface area contributed by atoms with Crippen molar-refractivity contribution in [1.82, 2.24) is 10.2 Å². The quantitative estimate of drug-likeness (QED) is 0.548. The monoisotopic (exact) mass is 250 g/mol. The van der Waals surface area contributed by atoms with Crippen molar-refractivity contribution in [2.75, 3.05) is 31.1 Å². The summed E-state index contributed by atoms with van der Waals surface area (Å²) in [6.45, 7) is 0.455. The number of amides is 2. The van der Waals surface area contributed by atoms with Crippen molar-refractivity contribution in [3.8, 4) is 0 Å². The molecule has 1 aliphatic rings. The fourth-order valence-electron chi connectivity index (χ4n) is 1.22. The summed E-state index contributed by atoms with van der Waals surface area (Å²) in [5.74, 6) is -0.496. The lowest BCUT2D eigenvalue weighted by Crippen LogP contribution is -2.49. The summed E-state index contributed by atoms with van der Waals surface area (Å²) in [6.07, 6.45) is -1.59. The maximum absolute atomic E-state index is 11.4. The summed E-state index contributed by atoms with van der Waals surface area (Å²) in [6, 6.07) is -0.433. The Kier molecular flexibility index (Phi) is 4.69. The second-order valence-electron chi connectivity index (χ2n) is 3.38. The molecule has 0 aliphatic carbocycles. The summed E-state index contributed by atoms with van der Waals surface area (Å²) < 4.78 is 11.0. The van der Waals surface area contributed by atoms with Crippen LogP contribution in [0.25, 0.3) is 0 Å². The molecule has 1 rings (SSSR count). The van der Waals surface area contributed by atoms with Crippen molar-refractivity contribution in [3.05, 3.63) is 0 Å². The van der Waals surface area contributed by atoms with Gasteiger partial charge in [-0.05, 0) is 0 Å². The van der Waals surface area contributed by atoms with Gasteiger partial charge in [-0.2, -0.15) is 0 Å². The van der Waals surface area contributed by atoms with E-state index in [9.17, 15) is 13.8 Å². The average Bonchev–Trinajstić information content (AvgIpc) is 2.26. The summed E-state index contributed by atoms with van der Waals surface area (Å²) in [7, 11) is -0.863. The third kappa shape index (κ3) is 3.78. The molecular weight excluding hydrogens is 236 g/mol. The van der Waals surface area contributed by atoms with Crippen LogP contribution in [0.2, 0.25) is 0 Å². The van der Waals surface area contributed by atoms with E-state index in [0.29, 0.717) is 24.6 Å². The zero-order valence-corrected chi connectivity index (χ0v) is 9.40. The van der Waals surface area contributed by atoms with Gasteiger partial charge in [-0.3, -0.25) is 4.21 Å². The summed E-state index contributed by atoms with van der Waals surface area (Å²) in [5.41, 5.74) is 0. The maximum Gasteiger partial charge on any atom is 0.334 e. The molecule has 0 aromatic rings. The molecule has 8 heteroatoms. The molecule has 16 heavy (non-hydrogen) atoms. The number of nitrogens with one attached hydrogen (secondary N) is 1. The van der Waals surface area contributed by atoms with Crippen molar-refractivity contribution in [3.63, 3.8) is 0 Å². The van der Waals surface area contributed by atoms with Gasteiger partial charge in [0.2, 0.25) is 0 Å². The molecule has 92 valence electrons. The second-order valence-corrected chi connectivity index (χ2v) is 5.07. The largest absolute Gasteiger partial charge is 0.479 e. The third-order valence-corrected chi connectivity index (χ3v) is 3.47. The molecule has 3 N–H and O–H groups in total. The topological polar surface area (TPSA) is 107 Å². The zero-order chi connectivity index (χ0) is 12.1. The molecule has 1 aliphatic heterocycles. The normalized spacial score (nSPS) is 19.2. The van der Waals surface area contributed by atoms with E-state index >= 15 is 0 Å². The number of nitrogens with zero attached hydrogens (tertiary/aromatic N) is 1. The number of carboxylic acid groups (broad SMARTS) is 1. The van der Waals surface area contributed by atoms with Crippen LogP contribution in [0, 0.1) is 0 Å². The van der Waals surface area contributed by atoms with Crippen molar-refractivity contribution in [2.24, 2.45) is 0 Å². The molecule has 0 saturated carbocycles. The Labute approximate surface area is 94.9 Å². The average molecular weight is 250 g/mol. The Hall–Kier alpha value is -1.15. The smallest absolute Gasteiger partial charge is 0.334 e. The minimum atomic E-state index is -1.59. The van der Waals surface area contributed by atoms with Crippen molar-refractivity contribution >= 4 is 22.8 Å². The van der Waals surface area contributed by atoms with Crippen LogP contribution in [-0.4, -0.2) is 68.6 Å². The highest BCUT2D eigenvalue weighted by atomic mass is 32.2. The van der Waals surface area contributed by atoms with E-state index in [4.69, 9.17) is 10.2 Å². The van der Waals surface area contributed by atoms with E-state index in [1.165, 1.54) is 4.90 Å². The molecule has 1 saturated heterocycles. The van der Waals surface area contributed by atoms with Crippen LogP contribution in [0.4, 0.5) is 4.79 Å². The number of hydrogen-bond acceptors (Lipinski definition) is 4.